The molecule has 0 bridgehead atoms. The molecule has 0 aromatic heterocycles. The molecule has 0 unspecified atom stereocenters. The van der Waals surface area contributed by atoms with Crippen LogP contribution in [0.25, 0.3) is 10.8 Å². The fourth-order valence-corrected chi connectivity index (χ4v) is 2.22. The van der Waals surface area contributed by atoms with Crippen LogP contribution >= 0.6 is 0 Å². The lowest BCUT2D eigenvalue weighted by molar-refractivity contribution is -0.137. The Hall–Kier alpha value is -2.82. The summed E-state index contributed by atoms with van der Waals surface area (Å²) in [6.07, 6.45) is -4.50. The molecule has 0 N–H and O–H groups in total. The summed E-state index contributed by atoms with van der Waals surface area (Å²) < 4.78 is 43.2. The fourth-order valence-electron chi connectivity index (χ4n) is 2.22. The maximum absolute atomic E-state index is 12.7. The lowest BCUT2D eigenvalue weighted by Crippen LogP contribution is -2.11. The summed E-state index contributed by atoms with van der Waals surface area (Å²) in [4.78, 5) is 12.0. The Morgan fingerprint density at radius 3 is 2.30 bits per heavy atom. The molecule has 0 amide bonds. The first-order valence-electron chi connectivity index (χ1n) is 6.82. The number of halogens is 3. The third-order valence-electron chi connectivity index (χ3n) is 3.36. The predicted octanol–water partition coefficient (Wildman–Crippen LogP) is 5.08. The molecule has 0 heterocycles. The number of rotatable bonds is 2. The van der Waals surface area contributed by atoms with E-state index in [1.807, 2.05) is 24.3 Å². The maximum atomic E-state index is 12.7. The van der Waals surface area contributed by atoms with E-state index in [2.05, 4.69) is 0 Å². The smallest absolute Gasteiger partial charge is 0.416 e. The summed E-state index contributed by atoms with van der Waals surface area (Å²) in [5.74, 6) is -0.544. The van der Waals surface area contributed by atoms with Gasteiger partial charge < -0.3 is 4.74 Å². The molecule has 5 heteroatoms. The van der Waals surface area contributed by atoms with Gasteiger partial charge in [0.05, 0.1) is 11.1 Å². The van der Waals surface area contributed by atoms with E-state index in [1.165, 1.54) is 12.1 Å². The van der Waals surface area contributed by atoms with Crippen molar-refractivity contribution >= 4 is 16.7 Å². The van der Waals surface area contributed by atoms with Crippen molar-refractivity contribution in [3.8, 4) is 5.75 Å². The second-order valence-electron chi connectivity index (χ2n) is 4.98. The quantitative estimate of drug-likeness (QED) is 0.487. The highest BCUT2D eigenvalue weighted by Gasteiger charge is 2.31. The van der Waals surface area contributed by atoms with Gasteiger partial charge in [0.25, 0.3) is 0 Å². The molecule has 0 aliphatic carbocycles. The van der Waals surface area contributed by atoms with Gasteiger partial charge in [0.15, 0.2) is 0 Å². The van der Waals surface area contributed by atoms with Gasteiger partial charge >= 0.3 is 12.1 Å². The van der Waals surface area contributed by atoms with E-state index in [4.69, 9.17) is 4.74 Å². The van der Waals surface area contributed by atoms with Gasteiger partial charge in [-0.05, 0) is 41.1 Å². The average Bonchev–Trinajstić information content (AvgIpc) is 2.54. The molecule has 0 saturated carbocycles. The van der Waals surface area contributed by atoms with Gasteiger partial charge in [-0.2, -0.15) is 13.2 Å². The van der Waals surface area contributed by atoms with Gasteiger partial charge in [-0.15, -0.1) is 0 Å². The highest BCUT2D eigenvalue weighted by molar-refractivity contribution is 5.92. The summed E-state index contributed by atoms with van der Waals surface area (Å²) in [5, 5.41) is 1.85. The molecule has 0 spiro atoms. The van der Waals surface area contributed by atoms with Crippen molar-refractivity contribution in [1.29, 1.82) is 0 Å². The lowest BCUT2D eigenvalue weighted by atomic mass is 10.1. The Balaban J connectivity index is 1.86. The SMILES string of the molecule is O=C(Oc1ccc2ccccc2c1)c1cccc(C(F)(F)F)c1. The normalized spacial score (nSPS) is 11.4. The number of hydrogen-bond acceptors (Lipinski definition) is 2. The van der Waals surface area contributed by atoms with Crippen LogP contribution in [0.5, 0.6) is 5.75 Å². The number of alkyl halides is 3. The fraction of sp³-hybridized carbons (Fsp3) is 0.0556. The van der Waals surface area contributed by atoms with Gasteiger partial charge in [0, 0.05) is 0 Å². The third kappa shape index (κ3) is 3.34. The Bertz CT molecular complexity index is 869. The van der Waals surface area contributed by atoms with Crippen molar-refractivity contribution in [2.75, 3.05) is 0 Å². The van der Waals surface area contributed by atoms with Gasteiger partial charge in [0.2, 0.25) is 0 Å². The monoisotopic (exact) mass is 316 g/mol. The van der Waals surface area contributed by atoms with Crippen LogP contribution in [0.1, 0.15) is 15.9 Å². The van der Waals surface area contributed by atoms with E-state index in [9.17, 15) is 18.0 Å². The first-order valence-corrected chi connectivity index (χ1v) is 6.82. The predicted molar refractivity (Wildman–Crippen MR) is 80.4 cm³/mol. The number of ether oxygens (including phenoxy) is 1. The summed E-state index contributed by atoms with van der Waals surface area (Å²) in [7, 11) is 0. The second kappa shape index (κ2) is 5.76. The van der Waals surface area contributed by atoms with Gasteiger partial charge in [0.1, 0.15) is 5.75 Å². The molecular weight excluding hydrogens is 305 g/mol. The molecule has 0 aliphatic heterocycles. The van der Waals surface area contributed by atoms with Crippen LogP contribution in [-0.2, 0) is 6.18 Å². The number of hydrogen-bond donors (Lipinski definition) is 0. The number of carbonyl (C=O) groups excluding carboxylic acids is 1. The Labute approximate surface area is 130 Å². The number of carbonyl (C=O) groups is 1. The Morgan fingerprint density at radius 1 is 0.826 bits per heavy atom. The van der Waals surface area contributed by atoms with Crippen LogP contribution in [0.4, 0.5) is 13.2 Å². The maximum Gasteiger partial charge on any atom is 0.416 e. The molecule has 3 aromatic carbocycles. The van der Waals surface area contributed by atoms with E-state index >= 15 is 0 Å². The molecule has 0 saturated heterocycles. The van der Waals surface area contributed by atoms with Crippen LogP contribution in [0.3, 0.4) is 0 Å². The second-order valence-corrected chi connectivity index (χ2v) is 4.98. The molecule has 23 heavy (non-hydrogen) atoms. The van der Waals surface area contributed by atoms with Crippen LogP contribution in [-0.4, -0.2) is 5.97 Å². The highest BCUT2D eigenvalue weighted by Crippen LogP contribution is 2.30. The Morgan fingerprint density at radius 2 is 1.57 bits per heavy atom. The third-order valence-corrected chi connectivity index (χ3v) is 3.36. The van der Waals surface area contributed by atoms with Crippen molar-refractivity contribution in [3.63, 3.8) is 0 Å². The molecule has 3 rings (SSSR count). The molecule has 0 aliphatic rings. The van der Waals surface area contributed by atoms with Crippen molar-refractivity contribution in [1.82, 2.24) is 0 Å². The van der Waals surface area contributed by atoms with Crippen LogP contribution in [0.2, 0.25) is 0 Å². The first-order chi connectivity index (χ1) is 10.9. The highest BCUT2D eigenvalue weighted by atomic mass is 19.4. The summed E-state index contributed by atoms with van der Waals surface area (Å²) in [5.41, 5.74) is -1.03. The number of esters is 1. The molecule has 116 valence electrons. The lowest BCUT2D eigenvalue weighted by Gasteiger charge is -2.09. The Kier molecular flexibility index (Phi) is 3.78. The minimum absolute atomic E-state index is 0.145. The average molecular weight is 316 g/mol. The van der Waals surface area contributed by atoms with E-state index < -0.39 is 17.7 Å². The summed E-state index contributed by atoms with van der Waals surface area (Å²) >= 11 is 0. The number of fused-ring (bicyclic) bond motifs is 1. The molecule has 2 nitrogen and oxygen atoms in total. The largest absolute Gasteiger partial charge is 0.423 e. The zero-order chi connectivity index (χ0) is 16.4. The summed E-state index contributed by atoms with van der Waals surface area (Å²) in [6, 6.07) is 16.7. The van der Waals surface area contributed by atoms with Gasteiger partial charge in [-0.1, -0.05) is 36.4 Å². The minimum atomic E-state index is -4.50. The topological polar surface area (TPSA) is 26.3 Å². The van der Waals surface area contributed by atoms with Gasteiger partial charge in [-0.25, -0.2) is 4.79 Å². The van der Waals surface area contributed by atoms with Crippen molar-refractivity contribution < 1.29 is 22.7 Å². The molecule has 0 atom stereocenters. The van der Waals surface area contributed by atoms with E-state index in [0.29, 0.717) is 0 Å². The van der Waals surface area contributed by atoms with Crippen LogP contribution < -0.4 is 4.74 Å². The molecule has 0 radical (unpaired) electrons. The van der Waals surface area contributed by atoms with E-state index in [-0.39, 0.29) is 11.3 Å². The van der Waals surface area contributed by atoms with Crippen molar-refractivity contribution in [2.24, 2.45) is 0 Å². The molecule has 3 aromatic rings. The van der Waals surface area contributed by atoms with Crippen molar-refractivity contribution in [2.45, 2.75) is 6.18 Å². The standard InChI is InChI=1S/C18H11F3O2/c19-18(20,21)15-7-3-6-14(10-15)17(22)23-16-9-8-12-4-1-2-5-13(12)11-16/h1-11H. The van der Waals surface area contributed by atoms with E-state index in [1.54, 1.807) is 18.2 Å². The van der Waals surface area contributed by atoms with Gasteiger partial charge in [-0.3, -0.25) is 0 Å². The number of benzene rings is 3. The molecular formula is C18H11F3O2. The van der Waals surface area contributed by atoms with E-state index in [0.717, 1.165) is 22.9 Å². The van der Waals surface area contributed by atoms with Crippen LogP contribution in [0.15, 0.2) is 66.7 Å². The minimum Gasteiger partial charge on any atom is -0.423 e. The summed E-state index contributed by atoms with van der Waals surface area (Å²) in [6.45, 7) is 0. The first kappa shape index (κ1) is 15.1. The zero-order valence-corrected chi connectivity index (χ0v) is 11.8. The van der Waals surface area contributed by atoms with Crippen LogP contribution in [0, 0.1) is 0 Å². The molecule has 0 fully saturated rings. The zero-order valence-electron chi connectivity index (χ0n) is 11.8. The van der Waals surface area contributed by atoms with Crippen molar-refractivity contribution in [3.05, 3.63) is 77.9 Å².